The lowest BCUT2D eigenvalue weighted by Gasteiger charge is -2.13. The number of ether oxygens (including phenoxy) is 1. The van der Waals surface area contributed by atoms with Crippen LogP contribution < -0.4 is 9.46 Å². The Bertz CT molecular complexity index is 1150. The van der Waals surface area contributed by atoms with Gasteiger partial charge in [-0.15, -0.1) is 0 Å². The molecular formula is C22H23FN2O4S. The Hall–Kier alpha value is -3.13. The maximum absolute atomic E-state index is 14.6. The van der Waals surface area contributed by atoms with Crippen LogP contribution in [0.25, 0.3) is 0 Å². The highest BCUT2D eigenvalue weighted by molar-refractivity contribution is 7.92. The molecule has 1 heterocycles. The van der Waals surface area contributed by atoms with Gasteiger partial charge in [-0.05, 0) is 61.0 Å². The second kappa shape index (κ2) is 8.71. The van der Waals surface area contributed by atoms with Crippen molar-refractivity contribution >= 4 is 21.5 Å². The van der Waals surface area contributed by atoms with Crippen LogP contribution >= 0.6 is 0 Å². The van der Waals surface area contributed by atoms with E-state index in [9.17, 15) is 17.6 Å². The van der Waals surface area contributed by atoms with Crippen LogP contribution in [0.2, 0.25) is 0 Å². The van der Waals surface area contributed by atoms with Crippen LogP contribution in [0.3, 0.4) is 0 Å². The number of hydrogen-bond donors (Lipinski definition) is 2. The van der Waals surface area contributed by atoms with E-state index in [2.05, 4.69) is 9.71 Å². The molecule has 0 bridgehead atoms. The number of carbonyl (C=O) groups is 1. The first-order valence-corrected chi connectivity index (χ1v) is 11.3. The topological polar surface area (TPSA) is 88.3 Å². The average Bonchev–Trinajstić information content (AvgIpc) is 3.17. The van der Waals surface area contributed by atoms with Crippen LogP contribution in [0.4, 0.5) is 10.1 Å². The number of hydrogen-bond acceptors (Lipinski definition) is 4. The van der Waals surface area contributed by atoms with E-state index in [1.54, 1.807) is 43.3 Å². The summed E-state index contributed by atoms with van der Waals surface area (Å²) in [6.45, 7) is 4.24. The molecule has 30 heavy (non-hydrogen) atoms. The fraction of sp³-hybridized carbons (Fsp3) is 0.227. The van der Waals surface area contributed by atoms with E-state index in [-0.39, 0.29) is 17.4 Å². The van der Waals surface area contributed by atoms with E-state index < -0.39 is 15.8 Å². The molecule has 1 atom stereocenters. The first kappa shape index (κ1) is 21.6. The minimum absolute atomic E-state index is 0.156. The normalized spacial score (nSPS) is 12.4. The maximum atomic E-state index is 14.6. The summed E-state index contributed by atoms with van der Waals surface area (Å²) in [5.74, 6) is -0.381. The van der Waals surface area contributed by atoms with Gasteiger partial charge in [0.2, 0.25) is 15.8 Å². The number of carbonyl (C=O) groups excluding carboxylic acids is 1. The second-order valence-corrected chi connectivity index (χ2v) is 8.69. The molecule has 8 heteroatoms. The van der Waals surface area contributed by atoms with Crippen LogP contribution in [0, 0.1) is 5.82 Å². The third-order valence-electron chi connectivity index (χ3n) is 4.62. The monoisotopic (exact) mass is 430 g/mol. The first-order valence-electron chi connectivity index (χ1n) is 9.41. The number of nitrogens with one attached hydrogen (secondary N) is 2. The van der Waals surface area contributed by atoms with Gasteiger partial charge >= 0.3 is 0 Å². The second-order valence-electron chi connectivity index (χ2n) is 6.95. The zero-order valence-corrected chi connectivity index (χ0v) is 17.7. The third-order valence-corrected chi connectivity index (χ3v) is 5.22. The highest BCUT2D eigenvalue weighted by Gasteiger charge is 2.18. The molecule has 0 radical (unpaired) electrons. The average molecular weight is 431 g/mol. The van der Waals surface area contributed by atoms with Crippen LogP contribution in [0.15, 0.2) is 54.6 Å². The minimum atomic E-state index is -3.49. The van der Waals surface area contributed by atoms with Gasteiger partial charge in [-0.1, -0.05) is 13.0 Å². The molecule has 0 spiro atoms. The molecule has 2 N–H and O–H groups in total. The molecule has 0 saturated heterocycles. The Kier molecular flexibility index (Phi) is 6.26. The van der Waals surface area contributed by atoms with Crippen LogP contribution in [-0.4, -0.2) is 32.0 Å². The van der Waals surface area contributed by atoms with Crippen LogP contribution in [0.1, 0.15) is 47.1 Å². The van der Waals surface area contributed by atoms with Crippen molar-refractivity contribution in [1.82, 2.24) is 4.98 Å². The molecule has 0 aliphatic carbocycles. The summed E-state index contributed by atoms with van der Waals surface area (Å²) < 4.78 is 44.8. The van der Waals surface area contributed by atoms with Gasteiger partial charge in [0.1, 0.15) is 11.6 Å². The Morgan fingerprint density at radius 2 is 1.83 bits per heavy atom. The summed E-state index contributed by atoms with van der Waals surface area (Å²) in [7, 11) is -3.49. The van der Waals surface area contributed by atoms with Crippen molar-refractivity contribution in [3.05, 3.63) is 82.9 Å². The highest BCUT2D eigenvalue weighted by Crippen LogP contribution is 2.28. The molecular weight excluding hydrogens is 407 g/mol. The van der Waals surface area contributed by atoms with Gasteiger partial charge < -0.3 is 9.72 Å². The van der Waals surface area contributed by atoms with Gasteiger partial charge in [-0.25, -0.2) is 12.8 Å². The fourth-order valence-electron chi connectivity index (χ4n) is 3.15. The van der Waals surface area contributed by atoms with E-state index in [0.717, 1.165) is 12.3 Å². The largest absolute Gasteiger partial charge is 0.494 e. The summed E-state index contributed by atoms with van der Waals surface area (Å²) >= 11 is 0. The van der Waals surface area contributed by atoms with Crippen molar-refractivity contribution in [3.63, 3.8) is 0 Å². The lowest BCUT2D eigenvalue weighted by molar-refractivity contribution is 0.103. The van der Waals surface area contributed by atoms with E-state index in [1.165, 1.54) is 12.1 Å². The number of ketones is 1. The molecule has 6 nitrogen and oxygen atoms in total. The van der Waals surface area contributed by atoms with Crippen molar-refractivity contribution in [2.45, 2.75) is 19.8 Å². The molecule has 0 saturated carbocycles. The van der Waals surface area contributed by atoms with Crippen molar-refractivity contribution in [2.24, 2.45) is 0 Å². The number of halogens is 1. The van der Waals surface area contributed by atoms with Gasteiger partial charge in [0.15, 0.2) is 0 Å². The zero-order valence-electron chi connectivity index (χ0n) is 16.9. The quantitative estimate of drug-likeness (QED) is 0.522. The van der Waals surface area contributed by atoms with Crippen molar-refractivity contribution in [3.8, 4) is 5.75 Å². The summed E-state index contributed by atoms with van der Waals surface area (Å²) in [6.07, 6.45) is 1.00. The fourth-order valence-corrected chi connectivity index (χ4v) is 3.70. The molecule has 3 aromatic rings. The number of benzene rings is 2. The zero-order chi connectivity index (χ0) is 21.9. The van der Waals surface area contributed by atoms with Gasteiger partial charge in [-0.3, -0.25) is 9.52 Å². The first-order chi connectivity index (χ1) is 14.2. The molecule has 0 amide bonds. The molecule has 1 unspecified atom stereocenters. The predicted molar refractivity (Wildman–Crippen MR) is 114 cm³/mol. The van der Waals surface area contributed by atoms with Crippen LogP contribution in [0.5, 0.6) is 5.75 Å². The molecule has 3 rings (SSSR count). The minimum Gasteiger partial charge on any atom is -0.494 e. The molecule has 2 aromatic carbocycles. The molecule has 1 aromatic heterocycles. The predicted octanol–water partition coefficient (Wildman–Crippen LogP) is 4.31. The van der Waals surface area contributed by atoms with E-state index >= 15 is 0 Å². The summed E-state index contributed by atoms with van der Waals surface area (Å²) in [6, 6.07) is 14.5. The Morgan fingerprint density at radius 3 is 2.43 bits per heavy atom. The van der Waals surface area contributed by atoms with Gasteiger partial charge in [0.25, 0.3) is 0 Å². The van der Waals surface area contributed by atoms with Crippen molar-refractivity contribution in [1.29, 1.82) is 0 Å². The summed E-state index contributed by atoms with van der Waals surface area (Å²) in [4.78, 5) is 15.8. The molecule has 158 valence electrons. The van der Waals surface area contributed by atoms with Gasteiger partial charge in [0.05, 0.1) is 24.2 Å². The van der Waals surface area contributed by atoms with Crippen molar-refractivity contribution in [2.75, 3.05) is 17.6 Å². The summed E-state index contributed by atoms with van der Waals surface area (Å²) in [5.41, 5.74) is 2.13. The molecule has 0 aliphatic rings. The SMILES string of the molecule is CCOc1ccc(C(=O)c2ccc(C(C)c3ccc(NS(C)(=O)=O)cc3F)[nH]2)cc1. The number of anilines is 1. The third kappa shape index (κ3) is 5.07. The van der Waals surface area contributed by atoms with Crippen LogP contribution in [-0.2, 0) is 10.0 Å². The number of aromatic amines is 1. The lowest BCUT2D eigenvalue weighted by atomic mass is 9.97. The molecule has 0 fully saturated rings. The number of aromatic nitrogens is 1. The highest BCUT2D eigenvalue weighted by atomic mass is 32.2. The van der Waals surface area contributed by atoms with E-state index in [4.69, 9.17) is 4.74 Å². The lowest BCUT2D eigenvalue weighted by Crippen LogP contribution is -2.10. The smallest absolute Gasteiger partial charge is 0.229 e. The standard InChI is InChI=1S/C22H23FN2O4S/c1-4-29-17-8-5-15(6-9-17)22(26)21-12-11-20(24-21)14(2)18-10-7-16(13-19(18)23)25-30(3,27)28/h5-14,24-25H,4H2,1-3H3. The Labute approximate surface area is 175 Å². The number of rotatable bonds is 8. The van der Waals surface area contributed by atoms with E-state index in [0.29, 0.717) is 34.9 Å². The number of sulfonamides is 1. The Morgan fingerprint density at radius 1 is 1.13 bits per heavy atom. The van der Waals surface area contributed by atoms with Gasteiger partial charge in [-0.2, -0.15) is 0 Å². The van der Waals surface area contributed by atoms with Crippen molar-refractivity contribution < 1.29 is 22.3 Å². The Balaban J connectivity index is 1.79. The number of H-pyrrole nitrogens is 1. The van der Waals surface area contributed by atoms with E-state index in [1.807, 2.05) is 6.92 Å². The van der Waals surface area contributed by atoms with Gasteiger partial charge in [0, 0.05) is 17.2 Å². The maximum Gasteiger partial charge on any atom is 0.229 e. The molecule has 0 aliphatic heterocycles. The summed E-state index contributed by atoms with van der Waals surface area (Å²) in [5, 5.41) is 0.